The van der Waals surface area contributed by atoms with E-state index >= 15 is 0 Å². The minimum atomic E-state index is -0.233. The van der Waals surface area contributed by atoms with Gasteiger partial charge in [-0.3, -0.25) is 0 Å². The average Bonchev–Trinajstić information content (AvgIpc) is 2.99. The molecule has 0 aromatic heterocycles. The van der Waals surface area contributed by atoms with Gasteiger partial charge in [0.25, 0.3) is 0 Å². The van der Waals surface area contributed by atoms with E-state index in [1.165, 1.54) is 13.5 Å². The third-order valence-corrected chi connectivity index (χ3v) is 3.46. The van der Waals surface area contributed by atoms with Crippen LogP contribution in [-0.2, 0) is 0 Å². The molecule has 1 saturated carbocycles. The van der Waals surface area contributed by atoms with Crippen LogP contribution in [0.4, 0.5) is 4.39 Å². The van der Waals surface area contributed by atoms with Crippen LogP contribution in [0.25, 0.3) is 0 Å². The SMILES string of the molecule is CNC(c1cccc(OC)c1F)C1CC1C. The topological polar surface area (TPSA) is 21.3 Å². The molecule has 1 aliphatic carbocycles. The maximum atomic E-state index is 14.1. The highest BCUT2D eigenvalue weighted by atomic mass is 19.1. The molecule has 3 atom stereocenters. The van der Waals surface area contributed by atoms with Crippen molar-refractivity contribution in [2.45, 2.75) is 19.4 Å². The summed E-state index contributed by atoms with van der Waals surface area (Å²) in [4.78, 5) is 0. The van der Waals surface area contributed by atoms with Crippen LogP contribution in [0.2, 0.25) is 0 Å². The molecule has 1 N–H and O–H groups in total. The van der Waals surface area contributed by atoms with Gasteiger partial charge in [0.15, 0.2) is 11.6 Å². The number of ether oxygens (including phenoxy) is 1. The summed E-state index contributed by atoms with van der Waals surface area (Å²) in [5.41, 5.74) is 0.719. The summed E-state index contributed by atoms with van der Waals surface area (Å²) in [7, 11) is 3.38. The Bertz CT molecular complexity index is 380. The minimum Gasteiger partial charge on any atom is -0.494 e. The summed E-state index contributed by atoms with van der Waals surface area (Å²) in [5, 5.41) is 3.21. The Kier molecular flexibility index (Phi) is 3.15. The van der Waals surface area contributed by atoms with Gasteiger partial charge < -0.3 is 10.1 Å². The standard InChI is InChI=1S/C13H18FNO/c1-8-7-10(8)13(15-2)9-5-4-6-11(16-3)12(9)14/h4-6,8,10,13,15H,7H2,1-3H3. The van der Waals surface area contributed by atoms with Crippen molar-refractivity contribution in [1.82, 2.24) is 5.32 Å². The van der Waals surface area contributed by atoms with Gasteiger partial charge in [-0.15, -0.1) is 0 Å². The summed E-state index contributed by atoms with van der Waals surface area (Å²) < 4.78 is 19.1. The van der Waals surface area contributed by atoms with Crippen molar-refractivity contribution in [3.05, 3.63) is 29.6 Å². The first-order valence-corrected chi connectivity index (χ1v) is 5.68. The van der Waals surface area contributed by atoms with Gasteiger partial charge in [-0.1, -0.05) is 19.1 Å². The highest BCUT2D eigenvalue weighted by molar-refractivity contribution is 5.34. The molecule has 1 fully saturated rings. The number of methoxy groups -OCH3 is 1. The number of nitrogens with one attached hydrogen (secondary N) is 1. The molecular weight excluding hydrogens is 205 g/mol. The van der Waals surface area contributed by atoms with Crippen molar-refractivity contribution in [3.63, 3.8) is 0 Å². The Labute approximate surface area is 95.8 Å². The van der Waals surface area contributed by atoms with Crippen LogP contribution < -0.4 is 10.1 Å². The molecule has 88 valence electrons. The summed E-state index contributed by atoms with van der Waals surface area (Å²) in [6, 6.07) is 5.44. The second kappa shape index (κ2) is 4.42. The molecule has 1 aromatic rings. The van der Waals surface area contributed by atoms with E-state index in [0.717, 1.165) is 5.56 Å². The number of halogens is 1. The van der Waals surface area contributed by atoms with E-state index in [1.54, 1.807) is 6.07 Å². The first kappa shape index (κ1) is 11.4. The lowest BCUT2D eigenvalue weighted by Gasteiger charge is -2.18. The van der Waals surface area contributed by atoms with E-state index in [2.05, 4.69) is 12.2 Å². The van der Waals surface area contributed by atoms with E-state index in [1.807, 2.05) is 19.2 Å². The number of hydrogen-bond donors (Lipinski definition) is 1. The fourth-order valence-electron chi connectivity index (χ4n) is 2.34. The first-order chi connectivity index (χ1) is 7.69. The van der Waals surface area contributed by atoms with Crippen LogP contribution in [0.5, 0.6) is 5.75 Å². The lowest BCUT2D eigenvalue weighted by atomic mass is 10.0. The predicted molar refractivity (Wildman–Crippen MR) is 62.0 cm³/mol. The summed E-state index contributed by atoms with van der Waals surface area (Å²) >= 11 is 0. The zero-order valence-corrected chi connectivity index (χ0v) is 9.96. The fraction of sp³-hybridized carbons (Fsp3) is 0.538. The van der Waals surface area contributed by atoms with E-state index < -0.39 is 0 Å². The average molecular weight is 223 g/mol. The monoisotopic (exact) mass is 223 g/mol. The third-order valence-electron chi connectivity index (χ3n) is 3.46. The van der Waals surface area contributed by atoms with E-state index in [-0.39, 0.29) is 11.9 Å². The third kappa shape index (κ3) is 1.92. The lowest BCUT2D eigenvalue weighted by molar-refractivity contribution is 0.377. The maximum absolute atomic E-state index is 14.1. The molecule has 3 unspecified atom stereocenters. The number of hydrogen-bond acceptors (Lipinski definition) is 2. The van der Waals surface area contributed by atoms with Crippen molar-refractivity contribution in [2.75, 3.05) is 14.2 Å². The zero-order chi connectivity index (χ0) is 11.7. The Morgan fingerprint density at radius 1 is 1.50 bits per heavy atom. The second-order valence-electron chi connectivity index (χ2n) is 4.51. The molecule has 0 bridgehead atoms. The summed E-state index contributed by atoms with van der Waals surface area (Å²) in [6.45, 7) is 2.20. The Morgan fingerprint density at radius 3 is 2.69 bits per heavy atom. The largest absolute Gasteiger partial charge is 0.494 e. The molecule has 0 heterocycles. The molecule has 2 rings (SSSR count). The number of rotatable bonds is 4. The number of benzene rings is 1. The molecule has 0 saturated heterocycles. The highest BCUT2D eigenvalue weighted by Gasteiger charge is 2.40. The molecule has 16 heavy (non-hydrogen) atoms. The molecule has 0 radical (unpaired) electrons. The van der Waals surface area contributed by atoms with Gasteiger partial charge in [-0.2, -0.15) is 0 Å². The Hall–Kier alpha value is -1.09. The fourth-order valence-corrected chi connectivity index (χ4v) is 2.34. The van der Waals surface area contributed by atoms with Crippen molar-refractivity contribution >= 4 is 0 Å². The molecular formula is C13H18FNO. The van der Waals surface area contributed by atoms with Gasteiger partial charge >= 0.3 is 0 Å². The maximum Gasteiger partial charge on any atom is 0.169 e. The molecule has 1 aromatic carbocycles. The molecule has 2 nitrogen and oxygen atoms in total. The summed E-state index contributed by atoms with van der Waals surface area (Å²) in [5.74, 6) is 1.32. The van der Waals surface area contributed by atoms with Gasteiger partial charge in [0.2, 0.25) is 0 Å². The predicted octanol–water partition coefficient (Wildman–Crippen LogP) is 2.75. The summed E-state index contributed by atoms with van der Waals surface area (Å²) in [6.07, 6.45) is 1.17. The zero-order valence-electron chi connectivity index (χ0n) is 9.96. The molecule has 3 heteroatoms. The van der Waals surface area contributed by atoms with E-state index in [4.69, 9.17) is 4.74 Å². The van der Waals surface area contributed by atoms with Crippen molar-refractivity contribution < 1.29 is 9.13 Å². The van der Waals surface area contributed by atoms with Gasteiger partial charge in [0.1, 0.15) is 0 Å². The minimum absolute atomic E-state index is 0.102. The van der Waals surface area contributed by atoms with Crippen molar-refractivity contribution in [1.29, 1.82) is 0 Å². The molecule has 0 amide bonds. The van der Waals surface area contributed by atoms with E-state index in [0.29, 0.717) is 17.6 Å². The van der Waals surface area contributed by atoms with Crippen LogP contribution in [0.3, 0.4) is 0 Å². The van der Waals surface area contributed by atoms with Gasteiger partial charge in [0.05, 0.1) is 7.11 Å². The Morgan fingerprint density at radius 2 is 2.19 bits per heavy atom. The molecule has 0 spiro atoms. The van der Waals surface area contributed by atoms with Crippen LogP contribution in [-0.4, -0.2) is 14.2 Å². The van der Waals surface area contributed by atoms with Crippen molar-refractivity contribution in [3.8, 4) is 5.75 Å². The lowest BCUT2D eigenvalue weighted by Crippen LogP contribution is -2.20. The molecule has 1 aliphatic rings. The first-order valence-electron chi connectivity index (χ1n) is 5.68. The smallest absolute Gasteiger partial charge is 0.169 e. The van der Waals surface area contributed by atoms with E-state index in [9.17, 15) is 4.39 Å². The van der Waals surface area contributed by atoms with Crippen LogP contribution in [0.15, 0.2) is 18.2 Å². The molecule has 0 aliphatic heterocycles. The van der Waals surface area contributed by atoms with Gasteiger partial charge in [-0.05, 0) is 31.4 Å². The van der Waals surface area contributed by atoms with Crippen LogP contribution in [0.1, 0.15) is 24.9 Å². The highest BCUT2D eigenvalue weighted by Crippen LogP contribution is 2.47. The quantitative estimate of drug-likeness (QED) is 0.847. The van der Waals surface area contributed by atoms with Crippen LogP contribution in [0, 0.1) is 17.7 Å². The normalized spacial score (nSPS) is 25.2. The Balaban J connectivity index is 2.31. The van der Waals surface area contributed by atoms with Crippen LogP contribution >= 0.6 is 0 Å². The van der Waals surface area contributed by atoms with Crippen molar-refractivity contribution in [2.24, 2.45) is 11.8 Å². The van der Waals surface area contributed by atoms with Gasteiger partial charge in [-0.25, -0.2) is 4.39 Å². The van der Waals surface area contributed by atoms with Gasteiger partial charge in [0, 0.05) is 11.6 Å². The second-order valence-corrected chi connectivity index (χ2v) is 4.51.